The maximum absolute atomic E-state index is 11.4. The third-order valence-corrected chi connectivity index (χ3v) is 2.63. The molecule has 3 nitrogen and oxygen atoms in total. The second kappa shape index (κ2) is 4.62. The van der Waals surface area contributed by atoms with E-state index in [4.69, 9.17) is 5.73 Å². The summed E-state index contributed by atoms with van der Waals surface area (Å²) in [6, 6.07) is 1.97. The molecule has 78 valence electrons. The molecule has 0 unspecified atom stereocenters. The van der Waals surface area contributed by atoms with Crippen molar-refractivity contribution in [2.75, 3.05) is 0 Å². The van der Waals surface area contributed by atoms with E-state index in [-0.39, 0.29) is 18.0 Å². The Bertz CT molecular complexity index is 373. The summed E-state index contributed by atoms with van der Waals surface area (Å²) in [5.41, 5.74) is 8.56. The van der Waals surface area contributed by atoms with Crippen molar-refractivity contribution in [3.05, 3.63) is 33.2 Å². The van der Waals surface area contributed by atoms with E-state index in [0.29, 0.717) is 12.1 Å². The van der Waals surface area contributed by atoms with Gasteiger partial charge in [0.1, 0.15) is 0 Å². The largest absolute Gasteiger partial charge is 0.326 e. The SMILES string of the molecule is Cl.NCc1cc2c([nH]c1=O)CCCC2. The van der Waals surface area contributed by atoms with Crippen molar-refractivity contribution in [3.8, 4) is 0 Å². The minimum Gasteiger partial charge on any atom is -0.326 e. The molecule has 14 heavy (non-hydrogen) atoms. The van der Waals surface area contributed by atoms with Gasteiger partial charge in [0.2, 0.25) is 0 Å². The van der Waals surface area contributed by atoms with Crippen LogP contribution >= 0.6 is 12.4 Å². The van der Waals surface area contributed by atoms with Crippen LogP contribution in [0.2, 0.25) is 0 Å². The van der Waals surface area contributed by atoms with E-state index in [1.807, 2.05) is 6.07 Å². The molecule has 0 aliphatic heterocycles. The summed E-state index contributed by atoms with van der Waals surface area (Å²) in [4.78, 5) is 14.3. The molecule has 0 spiro atoms. The first kappa shape index (κ1) is 11.3. The second-order valence-corrected chi connectivity index (χ2v) is 3.54. The molecule has 0 amide bonds. The fourth-order valence-corrected chi connectivity index (χ4v) is 1.88. The number of hydrogen-bond acceptors (Lipinski definition) is 2. The number of aromatic amines is 1. The predicted molar refractivity (Wildman–Crippen MR) is 58.8 cm³/mol. The number of nitrogens with one attached hydrogen (secondary N) is 1. The molecule has 0 saturated carbocycles. The Morgan fingerprint density at radius 3 is 2.79 bits per heavy atom. The maximum Gasteiger partial charge on any atom is 0.252 e. The number of halogens is 1. The van der Waals surface area contributed by atoms with E-state index < -0.39 is 0 Å². The summed E-state index contributed by atoms with van der Waals surface area (Å²) in [6.45, 7) is 0.336. The van der Waals surface area contributed by atoms with Crippen molar-refractivity contribution in [2.24, 2.45) is 5.73 Å². The van der Waals surface area contributed by atoms with Gasteiger partial charge in [0.05, 0.1) is 0 Å². The Kier molecular flexibility index (Phi) is 3.72. The minimum absolute atomic E-state index is 0. The topological polar surface area (TPSA) is 58.9 Å². The number of fused-ring (bicyclic) bond motifs is 1. The van der Waals surface area contributed by atoms with Crippen molar-refractivity contribution in [1.82, 2.24) is 4.98 Å². The molecule has 1 aromatic heterocycles. The van der Waals surface area contributed by atoms with E-state index in [0.717, 1.165) is 18.5 Å². The van der Waals surface area contributed by atoms with E-state index >= 15 is 0 Å². The van der Waals surface area contributed by atoms with Gasteiger partial charge in [-0.15, -0.1) is 12.4 Å². The molecule has 2 rings (SSSR count). The molecule has 4 heteroatoms. The van der Waals surface area contributed by atoms with E-state index in [1.54, 1.807) is 0 Å². The first-order chi connectivity index (χ1) is 6.31. The quantitative estimate of drug-likeness (QED) is 0.737. The molecule has 1 aromatic rings. The Labute approximate surface area is 89.1 Å². The lowest BCUT2D eigenvalue weighted by atomic mass is 9.95. The zero-order chi connectivity index (χ0) is 9.26. The van der Waals surface area contributed by atoms with Gasteiger partial charge in [0, 0.05) is 17.8 Å². The molecule has 3 N–H and O–H groups in total. The maximum atomic E-state index is 11.4. The van der Waals surface area contributed by atoms with Gasteiger partial charge >= 0.3 is 0 Å². The summed E-state index contributed by atoms with van der Waals surface area (Å²) in [6.07, 6.45) is 4.50. The summed E-state index contributed by atoms with van der Waals surface area (Å²) >= 11 is 0. The molecule has 1 aliphatic carbocycles. The monoisotopic (exact) mass is 214 g/mol. The molecule has 0 bridgehead atoms. The Hall–Kier alpha value is -0.800. The lowest BCUT2D eigenvalue weighted by molar-refractivity contribution is 0.662. The third kappa shape index (κ3) is 1.99. The fraction of sp³-hybridized carbons (Fsp3) is 0.500. The van der Waals surface area contributed by atoms with Gasteiger partial charge in [-0.2, -0.15) is 0 Å². The van der Waals surface area contributed by atoms with Gasteiger partial charge in [-0.05, 0) is 37.3 Å². The van der Waals surface area contributed by atoms with Gasteiger partial charge in [-0.1, -0.05) is 0 Å². The minimum atomic E-state index is -0.0110. The van der Waals surface area contributed by atoms with Crippen LogP contribution in [0.4, 0.5) is 0 Å². The van der Waals surface area contributed by atoms with Gasteiger partial charge in [0.25, 0.3) is 5.56 Å². The fourth-order valence-electron chi connectivity index (χ4n) is 1.88. The Morgan fingerprint density at radius 1 is 1.36 bits per heavy atom. The third-order valence-electron chi connectivity index (χ3n) is 2.63. The van der Waals surface area contributed by atoms with Crippen LogP contribution in [0.25, 0.3) is 0 Å². The number of nitrogens with two attached hydrogens (primary N) is 1. The van der Waals surface area contributed by atoms with Crippen LogP contribution in [0.1, 0.15) is 29.7 Å². The average Bonchev–Trinajstić information content (AvgIpc) is 2.17. The molecule has 0 fully saturated rings. The van der Waals surface area contributed by atoms with Crippen molar-refractivity contribution in [2.45, 2.75) is 32.2 Å². The lowest BCUT2D eigenvalue weighted by Crippen LogP contribution is -2.20. The summed E-state index contributed by atoms with van der Waals surface area (Å²) < 4.78 is 0. The number of pyridine rings is 1. The lowest BCUT2D eigenvalue weighted by Gasteiger charge is -2.15. The smallest absolute Gasteiger partial charge is 0.252 e. The number of H-pyrrole nitrogens is 1. The summed E-state index contributed by atoms with van der Waals surface area (Å²) in [7, 11) is 0. The zero-order valence-corrected chi connectivity index (χ0v) is 8.82. The number of rotatable bonds is 1. The molecule has 0 saturated heterocycles. The number of aryl methyl sites for hydroxylation is 2. The summed E-state index contributed by atoms with van der Waals surface area (Å²) in [5, 5.41) is 0. The van der Waals surface area contributed by atoms with Crippen LogP contribution in [0, 0.1) is 0 Å². The number of aromatic nitrogens is 1. The Morgan fingerprint density at radius 2 is 2.07 bits per heavy atom. The first-order valence-corrected chi connectivity index (χ1v) is 4.75. The predicted octanol–water partition coefficient (Wildman–Crippen LogP) is 1.13. The molecule has 1 heterocycles. The molecule has 0 radical (unpaired) electrons. The average molecular weight is 215 g/mol. The van der Waals surface area contributed by atoms with Gasteiger partial charge in [0.15, 0.2) is 0 Å². The summed E-state index contributed by atoms with van der Waals surface area (Å²) in [5.74, 6) is 0. The second-order valence-electron chi connectivity index (χ2n) is 3.54. The van der Waals surface area contributed by atoms with Crippen molar-refractivity contribution < 1.29 is 0 Å². The van der Waals surface area contributed by atoms with E-state index in [2.05, 4.69) is 4.98 Å². The van der Waals surface area contributed by atoms with E-state index in [9.17, 15) is 4.79 Å². The molecule has 0 atom stereocenters. The van der Waals surface area contributed by atoms with Crippen LogP contribution in [0.15, 0.2) is 10.9 Å². The molecular formula is C10H15ClN2O. The highest BCUT2D eigenvalue weighted by atomic mass is 35.5. The molecule has 0 aromatic carbocycles. The first-order valence-electron chi connectivity index (χ1n) is 4.75. The highest BCUT2D eigenvalue weighted by Gasteiger charge is 2.11. The number of hydrogen-bond donors (Lipinski definition) is 2. The molecule has 1 aliphatic rings. The van der Waals surface area contributed by atoms with Gasteiger partial charge in [-0.3, -0.25) is 4.79 Å². The normalized spacial score (nSPS) is 14.4. The van der Waals surface area contributed by atoms with Crippen LogP contribution < -0.4 is 11.3 Å². The van der Waals surface area contributed by atoms with Crippen LogP contribution in [-0.4, -0.2) is 4.98 Å². The zero-order valence-electron chi connectivity index (χ0n) is 8.01. The van der Waals surface area contributed by atoms with Crippen molar-refractivity contribution in [3.63, 3.8) is 0 Å². The van der Waals surface area contributed by atoms with Gasteiger partial charge in [-0.25, -0.2) is 0 Å². The molecular weight excluding hydrogens is 200 g/mol. The highest BCUT2D eigenvalue weighted by Crippen LogP contribution is 2.18. The van der Waals surface area contributed by atoms with Crippen molar-refractivity contribution in [1.29, 1.82) is 0 Å². The van der Waals surface area contributed by atoms with Crippen LogP contribution in [-0.2, 0) is 19.4 Å². The Balaban J connectivity index is 0.000000980. The van der Waals surface area contributed by atoms with Crippen LogP contribution in [0.3, 0.4) is 0 Å². The van der Waals surface area contributed by atoms with Crippen LogP contribution in [0.5, 0.6) is 0 Å². The van der Waals surface area contributed by atoms with E-state index in [1.165, 1.54) is 18.4 Å². The van der Waals surface area contributed by atoms with Gasteiger partial charge < -0.3 is 10.7 Å². The standard InChI is InChI=1S/C10H14N2O.ClH/c11-6-8-5-7-3-1-2-4-9(7)12-10(8)13;/h5H,1-4,6,11H2,(H,12,13);1H. The van der Waals surface area contributed by atoms with Crippen molar-refractivity contribution >= 4 is 12.4 Å². The highest BCUT2D eigenvalue weighted by molar-refractivity contribution is 5.85.